The van der Waals surface area contributed by atoms with Gasteiger partial charge in [0.15, 0.2) is 0 Å². The maximum absolute atomic E-state index is 11.7. The fraction of sp³-hybridized carbons (Fsp3) is 0.333. The van der Waals surface area contributed by atoms with Crippen molar-refractivity contribution in [2.45, 2.75) is 12.8 Å². The molecule has 0 saturated heterocycles. The van der Waals surface area contributed by atoms with Crippen LogP contribution in [-0.4, -0.2) is 25.5 Å². The van der Waals surface area contributed by atoms with Crippen molar-refractivity contribution >= 4 is 33.5 Å². The number of methoxy groups -OCH3 is 1. The highest BCUT2D eigenvalue weighted by Gasteiger charge is 2.07. The topological polar surface area (TPSA) is 81.4 Å². The predicted octanol–water partition coefficient (Wildman–Crippen LogP) is 1.71. The summed E-state index contributed by atoms with van der Waals surface area (Å²) in [5, 5.41) is 2.72. The Morgan fingerprint density at radius 1 is 1.44 bits per heavy atom. The number of nitrogen functional groups attached to an aromatic ring is 1. The van der Waals surface area contributed by atoms with Gasteiger partial charge >= 0.3 is 5.97 Å². The van der Waals surface area contributed by atoms with Gasteiger partial charge in [0.1, 0.15) is 0 Å². The molecule has 0 unspecified atom stereocenters. The smallest absolute Gasteiger partial charge is 0.305 e. The molecule has 0 aliphatic carbocycles. The summed E-state index contributed by atoms with van der Waals surface area (Å²) in [6.07, 6.45) is 0.844. The first-order chi connectivity index (χ1) is 8.54. The first-order valence-corrected chi connectivity index (χ1v) is 6.24. The summed E-state index contributed by atoms with van der Waals surface area (Å²) in [7, 11) is 1.34. The molecule has 0 atom stereocenters. The molecule has 1 aromatic carbocycles. The van der Waals surface area contributed by atoms with E-state index in [1.165, 1.54) is 7.11 Å². The average Bonchev–Trinajstić information content (AvgIpc) is 2.37. The number of anilines is 1. The monoisotopic (exact) mass is 314 g/mol. The van der Waals surface area contributed by atoms with Crippen LogP contribution in [0.3, 0.4) is 0 Å². The van der Waals surface area contributed by atoms with Crippen LogP contribution in [0.25, 0.3) is 0 Å². The van der Waals surface area contributed by atoms with Gasteiger partial charge in [-0.2, -0.15) is 0 Å². The van der Waals surface area contributed by atoms with Crippen molar-refractivity contribution in [2.75, 3.05) is 19.4 Å². The molecular weight excluding hydrogens is 300 g/mol. The lowest BCUT2D eigenvalue weighted by molar-refractivity contribution is -0.140. The molecule has 1 amide bonds. The van der Waals surface area contributed by atoms with Gasteiger partial charge in [-0.15, -0.1) is 0 Å². The van der Waals surface area contributed by atoms with E-state index in [9.17, 15) is 9.59 Å². The number of esters is 1. The highest BCUT2D eigenvalue weighted by molar-refractivity contribution is 9.10. The minimum absolute atomic E-state index is 0.194. The van der Waals surface area contributed by atoms with E-state index >= 15 is 0 Å². The van der Waals surface area contributed by atoms with Crippen LogP contribution in [0.2, 0.25) is 0 Å². The van der Waals surface area contributed by atoms with Crippen LogP contribution in [0, 0.1) is 0 Å². The van der Waals surface area contributed by atoms with E-state index in [0.717, 1.165) is 0 Å². The molecule has 0 fully saturated rings. The summed E-state index contributed by atoms with van der Waals surface area (Å²) < 4.78 is 5.18. The zero-order chi connectivity index (χ0) is 13.5. The Morgan fingerprint density at radius 2 is 2.17 bits per heavy atom. The summed E-state index contributed by atoms with van der Waals surface area (Å²) in [6.45, 7) is 0.427. The molecule has 0 spiro atoms. The minimum Gasteiger partial charge on any atom is -0.469 e. The molecule has 18 heavy (non-hydrogen) atoms. The molecule has 0 bridgehead atoms. The molecule has 3 N–H and O–H groups in total. The lowest BCUT2D eigenvalue weighted by atomic mass is 10.2. The zero-order valence-electron chi connectivity index (χ0n) is 10.0. The zero-order valence-corrected chi connectivity index (χ0v) is 11.6. The molecule has 0 saturated carbocycles. The third kappa shape index (κ3) is 4.37. The molecule has 1 rings (SSSR count). The van der Waals surface area contributed by atoms with Crippen molar-refractivity contribution < 1.29 is 14.3 Å². The first-order valence-electron chi connectivity index (χ1n) is 5.44. The van der Waals surface area contributed by atoms with E-state index in [1.807, 2.05) is 0 Å². The highest BCUT2D eigenvalue weighted by atomic mass is 79.9. The van der Waals surface area contributed by atoms with E-state index < -0.39 is 0 Å². The van der Waals surface area contributed by atoms with E-state index in [0.29, 0.717) is 35.1 Å². The van der Waals surface area contributed by atoms with Crippen molar-refractivity contribution in [1.82, 2.24) is 5.32 Å². The van der Waals surface area contributed by atoms with Crippen molar-refractivity contribution in [2.24, 2.45) is 0 Å². The van der Waals surface area contributed by atoms with Crippen LogP contribution < -0.4 is 11.1 Å². The number of hydrogen-bond acceptors (Lipinski definition) is 4. The lowest BCUT2D eigenvalue weighted by Gasteiger charge is -2.06. The van der Waals surface area contributed by atoms with Crippen molar-refractivity contribution in [3.05, 3.63) is 28.2 Å². The van der Waals surface area contributed by atoms with Gasteiger partial charge in [0.2, 0.25) is 0 Å². The van der Waals surface area contributed by atoms with Gasteiger partial charge in [0.25, 0.3) is 5.91 Å². The van der Waals surface area contributed by atoms with Gasteiger partial charge in [-0.25, -0.2) is 0 Å². The molecule has 6 heteroatoms. The SMILES string of the molecule is COC(=O)CCCNC(=O)c1ccc(N)c(Br)c1. The van der Waals surface area contributed by atoms with Gasteiger partial charge in [0, 0.05) is 28.7 Å². The van der Waals surface area contributed by atoms with Gasteiger partial charge in [-0.1, -0.05) is 0 Å². The fourth-order valence-electron chi connectivity index (χ4n) is 1.31. The summed E-state index contributed by atoms with van der Waals surface area (Å²) in [5.74, 6) is -0.472. The van der Waals surface area contributed by atoms with Crippen molar-refractivity contribution in [3.63, 3.8) is 0 Å². The minimum atomic E-state index is -0.278. The molecule has 0 aromatic heterocycles. The Balaban J connectivity index is 2.41. The van der Waals surface area contributed by atoms with E-state index in [2.05, 4.69) is 26.0 Å². The van der Waals surface area contributed by atoms with Crippen LogP contribution >= 0.6 is 15.9 Å². The van der Waals surface area contributed by atoms with Crippen LogP contribution in [-0.2, 0) is 9.53 Å². The molecule has 1 aromatic rings. The Kier molecular flexibility index (Phi) is 5.64. The summed E-state index contributed by atoms with van der Waals surface area (Å²) in [6, 6.07) is 4.97. The Labute approximate surface area is 114 Å². The molecule has 0 aliphatic rings. The number of halogens is 1. The third-order valence-corrected chi connectivity index (χ3v) is 3.02. The van der Waals surface area contributed by atoms with Crippen molar-refractivity contribution in [3.8, 4) is 0 Å². The maximum Gasteiger partial charge on any atom is 0.305 e. The number of hydrogen-bond donors (Lipinski definition) is 2. The maximum atomic E-state index is 11.7. The second-order valence-corrected chi connectivity index (χ2v) is 4.53. The van der Waals surface area contributed by atoms with Crippen molar-refractivity contribution in [1.29, 1.82) is 0 Å². The van der Waals surface area contributed by atoms with Gasteiger partial charge in [-0.05, 0) is 40.5 Å². The van der Waals surface area contributed by atoms with Gasteiger partial charge in [-0.3, -0.25) is 9.59 Å². The number of carbonyl (C=O) groups is 2. The number of carbonyl (C=O) groups excluding carboxylic acids is 2. The number of amides is 1. The summed E-state index contributed by atoms with van der Waals surface area (Å²) in [4.78, 5) is 22.6. The second-order valence-electron chi connectivity index (χ2n) is 3.67. The fourth-order valence-corrected chi connectivity index (χ4v) is 1.69. The lowest BCUT2D eigenvalue weighted by Crippen LogP contribution is -2.25. The Bertz CT molecular complexity index is 449. The Morgan fingerprint density at radius 3 is 2.78 bits per heavy atom. The number of rotatable bonds is 5. The number of benzene rings is 1. The quantitative estimate of drug-likeness (QED) is 0.492. The normalized spacial score (nSPS) is 9.89. The second kappa shape index (κ2) is 7.00. The first kappa shape index (κ1) is 14.5. The van der Waals surface area contributed by atoms with E-state index in [4.69, 9.17) is 5.73 Å². The molecular formula is C12H15BrN2O3. The largest absolute Gasteiger partial charge is 0.469 e. The molecule has 5 nitrogen and oxygen atoms in total. The van der Waals surface area contributed by atoms with E-state index in [1.54, 1.807) is 18.2 Å². The highest BCUT2D eigenvalue weighted by Crippen LogP contribution is 2.20. The van der Waals surface area contributed by atoms with Crippen LogP contribution in [0.15, 0.2) is 22.7 Å². The predicted molar refractivity (Wildman–Crippen MR) is 72.1 cm³/mol. The molecule has 0 aliphatic heterocycles. The van der Waals surface area contributed by atoms with E-state index in [-0.39, 0.29) is 11.9 Å². The number of ether oxygens (including phenoxy) is 1. The van der Waals surface area contributed by atoms with Gasteiger partial charge < -0.3 is 15.8 Å². The Hall–Kier alpha value is -1.56. The van der Waals surface area contributed by atoms with Crippen LogP contribution in [0.4, 0.5) is 5.69 Å². The molecule has 0 heterocycles. The number of nitrogens with two attached hydrogens (primary N) is 1. The molecule has 98 valence electrons. The number of nitrogens with one attached hydrogen (secondary N) is 1. The summed E-state index contributed by atoms with van der Waals surface area (Å²) >= 11 is 3.26. The van der Waals surface area contributed by atoms with Gasteiger partial charge in [0.05, 0.1) is 7.11 Å². The van der Waals surface area contributed by atoms with Crippen LogP contribution in [0.5, 0.6) is 0 Å². The summed E-state index contributed by atoms with van der Waals surface area (Å²) in [5.41, 5.74) is 6.73. The average molecular weight is 315 g/mol. The van der Waals surface area contributed by atoms with Crippen LogP contribution in [0.1, 0.15) is 23.2 Å². The standard InChI is InChI=1S/C12H15BrN2O3/c1-18-11(16)3-2-6-15-12(17)8-4-5-10(14)9(13)7-8/h4-5,7H,2-3,6,14H2,1H3,(H,15,17). The third-order valence-electron chi connectivity index (χ3n) is 2.33. The molecule has 0 radical (unpaired) electrons.